The van der Waals surface area contributed by atoms with E-state index in [1.165, 1.54) is 0 Å². The highest BCUT2D eigenvalue weighted by atomic mass is 35.5. The summed E-state index contributed by atoms with van der Waals surface area (Å²) in [5, 5.41) is 8.79. The van der Waals surface area contributed by atoms with Crippen LogP contribution in [0.15, 0.2) is 0 Å². The first-order chi connectivity index (χ1) is 5.00. The Morgan fingerprint density at radius 2 is 2.18 bits per heavy atom. The zero-order valence-corrected chi connectivity index (χ0v) is 7.64. The molecule has 0 aromatic heterocycles. The molecular formula is C6H9BCl2O2. The molecule has 0 amide bonds. The first kappa shape index (κ1) is 9.65. The number of rotatable bonds is 1. The minimum absolute atomic E-state index is 0.101. The number of aliphatic hydroxyl groups is 1. The Balaban J connectivity index is 2.71. The van der Waals surface area contributed by atoms with Gasteiger partial charge < -0.3 is 9.84 Å². The highest BCUT2D eigenvalue weighted by Gasteiger charge is 2.49. The number of halogens is 2. The summed E-state index contributed by atoms with van der Waals surface area (Å²) in [7, 11) is 5.47. The van der Waals surface area contributed by atoms with Crippen LogP contribution in [0.5, 0.6) is 0 Å². The number of alkyl halides is 2. The van der Waals surface area contributed by atoms with Gasteiger partial charge in [0.1, 0.15) is 12.2 Å². The number of aliphatic hydroxyl groups excluding tert-OH is 1. The van der Waals surface area contributed by atoms with E-state index in [0.717, 1.165) is 0 Å². The molecule has 1 unspecified atom stereocenters. The van der Waals surface area contributed by atoms with Gasteiger partial charge in [-0.05, 0) is 0 Å². The van der Waals surface area contributed by atoms with E-state index in [2.05, 4.69) is 0 Å². The van der Waals surface area contributed by atoms with Gasteiger partial charge in [0.2, 0.25) is 0 Å². The van der Waals surface area contributed by atoms with Crippen molar-refractivity contribution in [2.45, 2.75) is 23.4 Å². The van der Waals surface area contributed by atoms with Crippen molar-refractivity contribution in [3.05, 3.63) is 0 Å². The molecule has 5 heteroatoms. The van der Waals surface area contributed by atoms with E-state index in [1.807, 2.05) is 0 Å². The van der Waals surface area contributed by atoms with Crippen molar-refractivity contribution in [1.29, 1.82) is 0 Å². The van der Waals surface area contributed by atoms with E-state index in [9.17, 15) is 0 Å². The third kappa shape index (κ3) is 1.52. The molecule has 1 heterocycles. The summed E-state index contributed by atoms with van der Waals surface area (Å²) in [6.45, 7) is 1.70. The molecule has 2 nitrogen and oxygen atoms in total. The molecule has 1 N–H and O–H groups in total. The van der Waals surface area contributed by atoms with Crippen molar-refractivity contribution in [3.63, 3.8) is 0 Å². The lowest BCUT2D eigenvalue weighted by Crippen LogP contribution is -2.32. The summed E-state index contributed by atoms with van der Waals surface area (Å²) in [6.07, 6.45) is -0.347. The molecule has 0 aromatic rings. The van der Waals surface area contributed by atoms with Crippen molar-refractivity contribution in [1.82, 2.24) is 0 Å². The van der Waals surface area contributed by atoms with Gasteiger partial charge in [-0.1, -0.05) is 30.1 Å². The van der Waals surface area contributed by atoms with E-state index in [1.54, 1.807) is 6.92 Å². The second kappa shape index (κ2) is 3.13. The predicted octanol–water partition coefficient (Wildman–Crippen LogP) is 0.682. The second-order valence-electron chi connectivity index (χ2n) is 2.74. The van der Waals surface area contributed by atoms with Gasteiger partial charge in [0.25, 0.3) is 0 Å². The van der Waals surface area contributed by atoms with Crippen LogP contribution in [0.3, 0.4) is 0 Å². The Kier molecular flexibility index (Phi) is 2.75. The Bertz CT molecular complexity index is 154. The molecule has 1 rings (SSSR count). The maximum absolute atomic E-state index is 8.79. The fraction of sp³-hybridized carbons (Fsp3) is 1.00. The largest absolute Gasteiger partial charge is 0.394 e. The van der Waals surface area contributed by atoms with Crippen LogP contribution in [0.4, 0.5) is 0 Å². The highest BCUT2D eigenvalue weighted by Crippen LogP contribution is 2.43. The molecule has 1 aliphatic heterocycles. The van der Waals surface area contributed by atoms with Crippen LogP contribution in [0.25, 0.3) is 0 Å². The average Bonchev–Trinajstić information content (AvgIpc) is 2.14. The molecule has 0 bridgehead atoms. The summed E-state index contributed by atoms with van der Waals surface area (Å²) in [4.78, 5) is 0. The first-order valence-corrected chi connectivity index (χ1v) is 4.15. The topological polar surface area (TPSA) is 29.5 Å². The minimum atomic E-state index is -1.08. The van der Waals surface area contributed by atoms with E-state index < -0.39 is 10.3 Å². The van der Waals surface area contributed by atoms with Crippen LogP contribution >= 0.6 is 23.2 Å². The summed E-state index contributed by atoms with van der Waals surface area (Å²) in [6, 6.07) is -0.710. The molecule has 0 spiro atoms. The van der Waals surface area contributed by atoms with E-state index >= 15 is 0 Å². The van der Waals surface area contributed by atoms with Gasteiger partial charge in [0.15, 0.2) is 0 Å². The Labute approximate surface area is 77.2 Å². The molecule has 0 aliphatic carbocycles. The quantitative estimate of drug-likeness (QED) is 0.492. The lowest BCUT2D eigenvalue weighted by atomic mass is 9.91. The Hall–Kier alpha value is 0.565. The van der Waals surface area contributed by atoms with Crippen LogP contribution in [0.1, 0.15) is 6.92 Å². The normalized spacial score (nSPS) is 42.7. The zero-order valence-electron chi connectivity index (χ0n) is 6.13. The summed E-state index contributed by atoms with van der Waals surface area (Å²) >= 11 is 11.7. The van der Waals surface area contributed by atoms with Crippen molar-refractivity contribution in [3.8, 4) is 0 Å². The molecule has 1 aliphatic rings. The zero-order chi connectivity index (χ0) is 8.65. The second-order valence-corrected chi connectivity index (χ2v) is 4.19. The monoisotopic (exact) mass is 194 g/mol. The van der Waals surface area contributed by atoms with Gasteiger partial charge >= 0.3 is 0 Å². The number of hydrogen-bond donors (Lipinski definition) is 1. The van der Waals surface area contributed by atoms with E-state index in [0.29, 0.717) is 0 Å². The molecule has 11 heavy (non-hydrogen) atoms. The Morgan fingerprint density at radius 1 is 1.64 bits per heavy atom. The molecule has 0 saturated carbocycles. The summed E-state index contributed by atoms with van der Waals surface area (Å²) < 4.78 is 4.03. The van der Waals surface area contributed by atoms with Gasteiger partial charge in [-0.2, -0.15) is 0 Å². The Morgan fingerprint density at radius 3 is 2.36 bits per heavy atom. The third-order valence-electron chi connectivity index (χ3n) is 2.05. The van der Waals surface area contributed by atoms with Crippen molar-refractivity contribution >= 4 is 31.0 Å². The van der Waals surface area contributed by atoms with Crippen LogP contribution in [0, 0.1) is 5.92 Å². The van der Waals surface area contributed by atoms with Gasteiger partial charge in [0, 0.05) is 11.9 Å². The molecule has 2 radical (unpaired) electrons. The molecule has 0 aromatic carbocycles. The van der Waals surface area contributed by atoms with Crippen LogP contribution in [-0.2, 0) is 4.74 Å². The minimum Gasteiger partial charge on any atom is -0.394 e. The lowest BCUT2D eigenvalue weighted by molar-refractivity contribution is 0.0292. The summed E-state index contributed by atoms with van der Waals surface area (Å²) in [5.41, 5.74) is 0. The van der Waals surface area contributed by atoms with Gasteiger partial charge in [-0.3, -0.25) is 0 Å². The van der Waals surface area contributed by atoms with Crippen molar-refractivity contribution in [2.75, 3.05) is 6.61 Å². The third-order valence-corrected chi connectivity index (χ3v) is 3.16. The lowest BCUT2D eigenvalue weighted by Gasteiger charge is -2.21. The highest BCUT2D eigenvalue weighted by molar-refractivity contribution is 6.51. The summed E-state index contributed by atoms with van der Waals surface area (Å²) in [5.74, 6) is -0.147. The van der Waals surface area contributed by atoms with E-state index in [4.69, 9.17) is 40.9 Å². The predicted molar refractivity (Wildman–Crippen MR) is 45.1 cm³/mol. The SMILES string of the molecule is [B]C1O[C@H](CO)[C@@H](C)C1(Cl)Cl. The maximum atomic E-state index is 8.79. The number of hydrogen-bond acceptors (Lipinski definition) is 2. The van der Waals surface area contributed by atoms with Crippen LogP contribution in [-0.4, -0.2) is 36.0 Å². The standard InChI is InChI=1S/C6H9BCl2O2/c1-3-4(2-10)11-5(7)6(3,8)9/h3-5,10H,2H2,1H3/t3-,4-,5?/m1/s1. The molecule has 1 fully saturated rings. The maximum Gasteiger partial charge on any atom is 0.140 e. The first-order valence-electron chi connectivity index (χ1n) is 3.40. The fourth-order valence-corrected chi connectivity index (χ4v) is 1.49. The van der Waals surface area contributed by atoms with Gasteiger partial charge in [-0.15, -0.1) is 0 Å². The smallest absolute Gasteiger partial charge is 0.140 e. The molecule has 1 saturated heterocycles. The van der Waals surface area contributed by atoms with Crippen LogP contribution < -0.4 is 0 Å². The van der Waals surface area contributed by atoms with Crippen molar-refractivity contribution < 1.29 is 9.84 Å². The fourth-order valence-electron chi connectivity index (χ4n) is 1.10. The van der Waals surface area contributed by atoms with E-state index in [-0.39, 0.29) is 18.6 Å². The van der Waals surface area contributed by atoms with Crippen molar-refractivity contribution in [2.24, 2.45) is 5.92 Å². The molecule has 62 valence electrons. The van der Waals surface area contributed by atoms with Gasteiger partial charge in [0.05, 0.1) is 12.7 Å². The van der Waals surface area contributed by atoms with Crippen LogP contribution in [0.2, 0.25) is 0 Å². The number of ether oxygens (including phenoxy) is 1. The average molecular weight is 195 g/mol. The molecule has 3 atom stereocenters. The van der Waals surface area contributed by atoms with Gasteiger partial charge in [-0.25, -0.2) is 0 Å². The molecular weight excluding hydrogens is 186 g/mol.